The van der Waals surface area contributed by atoms with Crippen LogP contribution in [-0.4, -0.2) is 124 Å². The van der Waals surface area contributed by atoms with Crippen molar-refractivity contribution in [1.82, 2.24) is 29.9 Å². The van der Waals surface area contributed by atoms with Crippen molar-refractivity contribution < 1.29 is 86.6 Å². The van der Waals surface area contributed by atoms with Gasteiger partial charge in [-0.05, 0) is 219 Å². The standard InChI is InChI=1S/C19H19F2N5O2S.C13H12ClF2N3.C9H10FNO2.C9H12FN.C9H11F.C9H12O.C6H8N2O2S.C4HCl2FN2.C4H6O3.CH2Cl2.HNO3/c20-11-1-2-13-3-5-14(6-4-13)24-18-17(21)12-23-19(26-18)25-15-7-9-16(10-8-15)29(22,27)28;14-13-17-8-11(16)12(19-13)18-10-5-3-9(4-6-10)2-1-7-15;10-7-1-2-8-3-5-9(6-4-8)11(12)13;10-7-1-2-8-3-5-9(11)6-4-8;2*10-8-4-7-9-5-2-1-3-6-9;7-5-1-3-6(4-2-5)11(8,9)10;5-3-2(7)1-8-4(6)9-3;1-3(5)7-4(2)6;2-1-3;2-1(3)4/h3-10,12H,1-2,11H2,(H2,22,27,28)(H2,23,24,25,26);3-6,8H,1-2,7H2,(H,17,18,19);3-6H,1-2,7H2;3-6H,1-2,7,11H2;1-3,5-6H,4,7-8H2;1-3,5-6,10H,4,7-8H2;1-4H,7H2,(H2,8,9,10);1H;1-2H3;1H2;(H,2,3,4). The van der Waals surface area contributed by atoms with E-state index in [2.05, 4.69) is 62.7 Å². The summed E-state index contributed by atoms with van der Waals surface area (Å²) in [6.45, 7) is 1.14. The molecule has 0 fully saturated rings. The molecule has 8 aromatic carbocycles. The summed E-state index contributed by atoms with van der Waals surface area (Å²) in [6, 6.07) is 59.8. The summed E-state index contributed by atoms with van der Waals surface area (Å²) >= 11 is 25.6. The molecule has 28 nitrogen and oxygen atoms in total. The lowest BCUT2D eigenvalue weighted by Gasteiger charge is -2.10. The Bertz CT molecular complexity index is 5080. The molecular formula is C83H94Cl5F8N15O13S2. The number of aromatic nitrogens is 6. The van der Waals surface area contributed by atoms with Gasteiger partial charge in [-0.1, -0.05) is 121 Å². The smallest absolute Gasteiger partial charge is 0.310 e. The van der Waals surface area contributed by atoms with E-state index in [4.69, 9.17) is 100 Å². The molecule has 0 saturated carbocycles. The van der Waals surface area contributed by atoms with Gasteiger partial charge in [0.05, 0.1) is 72.0 Å². The van der Waals surface area contributed by atoms with Gasteiger partial charge in [0, 0.05) is 61.0 Å². The Morgan fingerprint density at radius 2 is 0.722 bits per heavy atom. The van der Waals surface area contributed by atoms with Crippen LogP contribution in [0, 0.1) is 37.7 Å². The van der Waals surface area contributed by atoms with Gasteiger partial charge in [0.25, 0.3) is 10.8 Å². The summed E-state index contributed by atoms with van der Waals surface area (Å²) < 4.78 is 147. The molecule has 0 unspecified atom stereocenters. The van der Waals surface area contributed by atoms with Crippen LogP contribution < -0.4 is 37.7 Å². The average molecular weight is 1900 g/mol. The quantitative estimate of drug-likeness (QED) is 0.00266. The summed E-state index contributed by atoms with van der Waals surface area (Å²) in [4.78, 5) is 59.8. The number of hydrogen-bond donors (Lipinski definition) is 9. The molecule has 0 atom stereocenters. The SMILES string of the molecule is CC(=O)OC(C)=O.ClCCl.FCCCc1ccc(Nc2nc(Cl)ncc2F)cc1.FCCCc1ccccc1.Fc1cnc(Cl)nc1Cl.NS(=O)(=O)c1ccc(Nc2ncc(F)c(Nc3ccc(CCCF)cc3)n2)cc1.Nc1ccc(CCCF)cc1.Nc1ccc(S(N)(=O)=O)cc1.O=[N+]([O-])O.O=[N+]([O-])c1ccc(CCCF)cc1.OCCCc1ccccc1. The zero-order valence-electron chi connectivity index (χ0n) is 67.8. The molecule has 0 aliphatic rings. The zero-order valence-corrected chi connectivity index (χ0v) is 73.2. The fraction of sp³-hybridized carbons (Fsp3) is 0.253. The minimum absolute atomic E-state index is 0.0245. The number of alkyl halides is 7. The highest BCUT2D eigenvalue weighted by Gasteiger charge is 2.13. The van der Waals surface area contributed by atoms with E-state index in [1.807, 2.05) is 97.1 Å². The number of ether oxygens (including phenoxy) is 1. The maximum Gasteiger partial charge on any atom is 0.310 e. The van der Waals surface area contributed by atoms with E-state index in [1.54, 1.807) is 36.4 Å². The summed E-state index contributed by atoms with van der Waals surface area (Å²) in [5.41, 5.74) is 20.6. The average Bonchev–Trinajstić information content (AvgIpc) is 0.835. The number of aryl methyl sites for hydroxylation is 6. The van der Waals surface area contributed by atoms with Gasteiger partial charge < -0.3 is 42.5 Å². The van der Waals surface area contributed by atoms with Gasteiger partial charge >= 0.3 is 11.9 Å². The van der Waals surface area contributed by atoms with Crippen LogP contribution in [0.2, 0.25) is 15.7 Å². The molecule has 682 valence electrons. The number of nitro groups is 1. The minimum atomic E-state index is -3.79. The Morgan fingerprint density at radius 1 is 0.437 bits per heavy atom. The lowest BCUT2D eigenvalue weighted by atomic mass is 10.1. The number of nitrogen functional groups attached to an aromatic ring is 2. The van der Waals surface area contributed by atoms with Crippen LogP contribution in [0.15, 0.2) is 235 Å². The molecule has 3 heterocycles. The highest BCUT2D eigenvalue weighted by atomic mass is 35.5. The van der Waals surface area contributed by atoms with Crippen LogP contribution in [0.4, 0.5) is 86.8 Å². The number of benzene rings is 8. The number of hydrogen-bond acceptors (Lipinski definition) is 23. The molecular weight excluding hydrogens is 1810 g/mol. The lowest BCUT2D eigenvalue weighted by molar-refractivity contribution is -0.742. The summed E-state index contributed by atoms with van der Waals surface area (Å²) in [6.07, 6.45) is 11.1. The Balaban J connectivity index is 0.000000727. The molecule has 11 aromatic rings. The molecule has 126 heavy (non-hydrogen) atoms. The number of rotatable bonds is 27. The number of sulfonamides is 2. The summed E-state index contributed by atoms with van der Waals surface area (Å²) in [5.74, 6) is -2.89. The largest absolute Gasteiger partial charge is 0.399 e. The normalized spacial score (nSPS) is 10.0. The van der Waals surface area contributed by atoms with Crippen molar-refractivity contribution in [3.8, 4) is 0 Å². The van der Waals surface area contributed by atoms with Crippen molar-refractivity contribution in [2.75, 3.05) is 72.7 Å². The van der Waals surface area contributed by atoms with E-state index in [0.29, 0.717) is 74.1 Å². The number of nitro benzene ring substituents is 1. The van der Waals surface area contributed by atoms with Gasteiger partial charge in [0.1, 0.15) is 0 Å². The molecule has 0 aliphatic carbocycles. The number of esters is 2. The number of nitrogens with two attached hydrogens (primary N) is 4. The van der Waals surface area contributed by atoms with E-state index in [1.165, 1.54) is 85.6 Å². The first-order chi connectivity index (χ1) is 59.9. The van der Waals surface area contributed by atoms with Crippen molar-refractivity contribution in [1.29, 1.82) is 0 Å². The Kier molecular flexibility index (Phi) is 58.8. The maximum atomic E-state index is 14.1. The van der Waals surface area contributed by atoms with Crippen molar-refractivity contribution in [3.63, 3.8) is 0 Å². The number of aliphatic hydroxyl groups is 1. The molecule has 0 amide bonds. The molecule has 43 heteroatoms. The van der Waals surface area contributed by atoms with E-state index in [-0.39, 0.29) is 94.1 Å². The molecule has 3 aromatic heterocycles. The molecule has 13 N–H and O–H groups in total. The van der Waals surface area contributed by atoms with Gasteiger partial charge in [-0.2, -0.15) is 9.97 Å². The molecule has 0 bridgehead atoms. The molecule has 0 aliphatic heterocycles. The Labute approximate surface area is 748 Å². The first-order valence-corrected chi connectivity index (χ1v) is 42.5. The third-order valence-corrected chi connectivity index (χ3v) is 17.4. The Morgan fingerprint density at radius 3 is 1.04 bits per heavy atom. The molecule has 11 rings (SSSR count). The first-order valence-electron chi connectivity index (χ1n) is 37.2. The van der Waals surface area contributed by atoms with E-state index < -0.39 is 59.4 Å². The second-order valence-corrected chi connectivity index (χ2v) is 29.8. The highest BCUT2D eigenvalue weighted by molar-refractivity contribution is 7.89. The minimum Gasteiger partial charge on any atom is -0.399 e. The van der Waals surface area contributed by atoms with Gasteiger partial charge in [0.15, 0.2) is 34.2 Å². The predicted octanol–water partition coefficient (Wildman–Crippen LogP) is 19.4. The van der Waals surface area contributed by atoms with E-state index in [0.717, 1.165) is 72.2 Å². The fourth-order valence-electron chi connectivity index (χ4n) is 9.17. The number of carbonyl (C=O) groups excluding carboxylic acids is 2. The number of non-ortho nitro benzene ring substituents is 1. The highest BCUT2D eigenvalue weighted by Crippen LogP contribution is 2.24. The number of anilines is 8. The lowest BCUT2D eigenvalue weighted by Crippen LogP contribution is -2.11. The van der Waals surface area contributed by atoms with Crippen molar-refractivity contribution in [2.24, 2.45) is 10.3 Å². The van der Waals surface area contributed by atoms with Crippen LogP contribution in [0.1, 0.15) is 85.8 Å². The molecule has 0 radical (unpaired) electrons. The van der Waals surface area contributed by atoms with E-state index in [9.17, 15) is 71.7 Å². The third kappa shape index (κ3) is 54.9. The Hall–Kier alpha value is -11.6. The van der Waals surface area contributed by atoms with Crippen molar-refractivity contribution in [2.45, 2.75) is 101 Å². The van der Waals surface area contributed by atoms with Crippen LogP contribution in [0.3, 0.4) is 0 Å². The summed E-state index contributed by atoms with van der Waals surface area (Å²) in [5, 5.41) is 50.8. The number of primary sulfonamides is 2. The monoisotopic (exact) mass is 1900 g/mol. The number of nitrogens with zero attached hydrogens (tertiary/aromatic N) is 8. The van der Waals surface area contributed by atoms with Gasteiger partial charge in [-0.25, -0.2) is 60.2 Å². The third-order valence-electron chi connectivity index (χ3n) is 14.9. The predicted molar refractivity (Wildman–Crippen MR) is 475 cm³/mol. The number of aliphatic hydroxyl groups excluding tert-OH is 1. The number of carbonyl (C=O) groups is 2. The first kappa shape index (κ1) is 112. The van der Waals surface area contributed by atoms with Crippen LogP contribution in [0.25, 0.3) is 0 Å². The zero-order chi connectivity index (χ0) is 94.3. The molecule has 0 spiro atoms. The van der Waals surface area contributed by atoms with Gasteiger partial charge in [-0.15, -0.1) is 33.3 Å². The molecule has 0 saturated heterocycles. The number of nitrogens with one attached hydrogen (secondary N) is 3. The van der Waals surface area contributed by atoms with Crippen molar-refractivity contribution in [3.05, 3.63) is 312 Å². The van der Waals surface area contributed by atoms with Crippen LogP contribution in [0.5, 0.6) is 0 Å². The maximum absolute atomic E-state index is 14.1. The number of halogens is 13. The van der Waals surface area contributed by atoms with Crippen LogP contribution in [-0.2, 0) is 72.9 Å². The second kappa shape index (κ2) is 65.9. The fourth-order valence-corrected chi connectivity index (χ4v) is 10.6. The van der Waals surface area contributed by atoms with Crippen LogP contribution >= 0.6 is 58.0 Å². The van der Waals surface area contributed by atoms with Gasteiger partial charge in [-0.3, -0.25) is 41.7 Å². The van der Waals surface area contributed by atoms with E-state index >= 15 is 0 Å². The topological polar surface area (TPSA) is 456 Å². The second-order valence-electron chi connectivity index (χ2n) is 24.8. The van der Waals surface area contributed by atoms with Crippen molar-refractivity contribution >= 4 is 142 Å². The van der Waals surface area contributed by atoms with Gasteiger partial charge in [0.2, 0.25) is 36.6 Å². The summed E-state index contributed by atoms with van der Waals surface area (Å²) in [7, 11) is -7.36.